The predicted octanol–water partition coefficient (Wildman–Crippen LogP) is 5.79. The number of allylic oxidation sites excluding steroid dienone is 1. The van der Waals surface area contributed by atoms with Gasteiger partial charge in [0.15, 0.2) is 5.69 Å². The summed E-state index contributed by atoms with van der Waals surface area (Å²) >= 11 is 0. The number of para-hydroxylation sites is 1. The first-order valence-electron chi connectivity index (χ1n) is 12.3. The van der Waals surface area contributed by atoms with E-state index >= 15 is 0 Å². The molecule has 1 aromatic heterocycles. The van der Waals surface area contributed by atoms with Gasteiger partial charge in [0, 0.05) is 17.9 Å². The molecule has 3 aliphatic rings. The Bertz CT molecular complexity index is 971. The zero-order valence-electron chi connectivity index (χ0n) is 19.7. The molecular weight excluding hydrogens is 328 g/mol. The summed E-state index contributed by atoms with van der Waals surface area (Å²) in [7, 11) is 0. The number of aryl methyl sites for hydroxylation is 1. The van der Waals surface area contributed by atoms with E-state index < -0.39 is 6.85 Å². The molecule has 0 radical (unpaired) electrons. The highest BCUT2D eigenvalue weighted by Gasteiger charge is 2.55. The van der Waals surface area contributed by atoms with Crippen LogP contribution in [-0.2, 0) is 5.41 Å². The van der Waals surface area contributed by atoms with Crippen molar-refractivity contribution in [3.8, 4) is 5.69 Å². The van der Waals surface area contributed by atoms with E-state index in [4.69, 9.17) is 4.11 Å². The van der Waals surface area contributed by atoms with Gasteiger partial charge in [-0.05, 0) is 62.1 Å². The molecule has 0 N–H and O–H groups in total. The smallest absolute Gasteiger partial charge is 0.203 e. The number of aromatic nitrogens is 2. The van der Waals surface area contributed by atoms with E-state index in [9.17, 15) is 0 Å². The molecule has 27 heavy (non-hydrogen) atoms. The Kier molecular flexibility index (Phi) is 3.35. The largest absolute Gasteiger partial charge is 0.263 e. The van der Waals surface area contributed by atoms with Crippen LogP contribution in [-0.4, -0.2) is 4.57 Å². The standard InChI is InChI=1S/C25H33N2/c1-18-10-4-9-15-23(18)27-19(2)24-25(21-11-5-6-12-21,22-13-7-8-14-22)16-17-26(24)20(27)3/h4,9-10,15-17,21-22H,5-8,11-14H2,1-3H3/q+1/i3D3. The zero-order chi connectivity index (χ0) is 21.1. The molecule has 142 valence electrons. The molecule has 0 unspecified atom stereocenters. The number of hydrogen-bond acceptors (Lipinski definition) is 0. The van der Waals surface area contributed by atoms with Crippen LogP contribution < -0.4 is 4.57 Å². The average Bonchev–Trinajstić information content (AvgIpc) is 3.48. The monoisotopic (exact) mass is 364 g/mol. The van der Waals surface area contributed by atoms with Gasteiger partial charge in [-0.1, -0.05) is 43.9 Å². The molecule has 0 atom stereocenters. The second-order valence-corrected chi connectivity index (χ2v) is 8.96. The highest BCUT2D eigenvalue weighted by atomic mass is 15.2. The number of benzene rings is 1. The van der Waals surface area contributed by atoms with Crippen molar-refractivity contribution >= 4 is 6.20 Å². The SMILES string of the molecule is [2H]C([2H])([2H])c1n(-c2ccccc2C)c(C)c2[n+]1C=CC2(C1CCCC1)C1CCCC1. The Labute approximate surface area is 168 Å². The van der Waals surface area contributed by atoms with Crippen molar-refractivity contribution in [3.05, 3.63) is 53.1 Å². The predicted molar refractivity (Wildman–Crippen MR) is 111 cm³/mol. The summed E-state index contributed by atoms with van der Waals surface area (Å²) in [5.41, 5.74) is 4.46. The van der Waals surface area contributed by atoms with Gasteiger partial charge in [-0.2, -0.15) is 4.57 Å². The van der Waals surface area contributed by atoms with Gasteiger partial charge in [0.2, 0.25) is 0 Å². The Balaban J connectivity index is 1.80. The zero-order valence-corrected chi connectivity index (χ0v) is 16.7. The number of fused-ring (bicyclic) bond motifs is 1. The fourth-order valence-corrected chi connectivity index (χ4v) is 6.50. The van der Waals surface area contributed by atoms with Crippen LogP contribution >= 0.6 is 0 Å². The van der Waals surface area contributed by atoms with E-state index in [1.807, 2.05) is 16.7 Å². The van der Waals surface area contributed by atoms with Crippen LogP contribution in [0.3, 0.4) is 0 Å². The lowest BCUT2D eigenvalue weighted by Gasteiger charge is -2.38. The summed E-state index contributed by atoms with van der Waals surface area (Å²) in [4.78, 5) is 0. The van der Waals surface area contributed by atoms with Crippen LogP contribution in [0.4, 0.5) is 0 Å². The van der Waals surface area contributed by atoms with Crippen LogP contribution in [0.1, 0.15) is 78.3 Å². The normalized spacial score (nSPS) is 24.1. The van der Waals surface area contributed by atoms with Crippen molar-refractivity contribution in [1.29, 1.82) is 0 Å². The summed E-state index contributed by atoms with van der Waals surface area (Å²) in [5.74, 6) is 1.68. The van der Waals surface area contributed by atoms with Gasteiger partial charge in [0.1, 0.15) is 11.4 Å². The molecule has 0 spiro atoms. The maximum Gasteiger partial charge on any atom is 0.263 e. The van der Waals surface area contributed by atoms with Gasteiger partial charge < -0.3 is 0 Å². The first-order valence-corrected chi connectivity index (χ1v) is 10.8. The third kappa shape index (κ3) is 2.35. The van der Waals surface area contributed by atoms with Gasteiger partial charge >= 0.3 is 0 Å². The van der Waals surface area contributed by atoms with Crippen molar-refractivity contribution in [2.24, 2.45) is 11.8 Å². The summed E-state index contributed by atoms with van der Waals surface area (Å²) < 4.78 is 29.4. The topological polar surface area (TPSA) is 8.81 Å². The molecule has 5 rings (SSSR count). The first kappa shape index (κ1) is 14.2. The molecule has 2 aliphatic carbocycles. The highest BCUT2D eigenvalue weighted by Crippen LogP contribution is 2.54. The number of rotatable bonds is 3. The fourth-order valence-electron chi connectivity index (χ4n) is 6.50. The minimum absolute atomic E-state index is 0.00891. The lowest BCUT2D eigenvalue weighted by atomic mass is 9.63. The Morgan fingerprint density at radius 1 is 1.00 bits per heavy atom. The fraction of sp³-hybridized carbons (Fsp3) is 0.560. The Morgan fingerprint density at radius 3 is 2.22 bits per heavy atom. The lowest BCUT2D eigenvalue weighted by molar-refractivity contribution is -0.582. The molecule has 1 aromatic carbocycles. The van der Waals surface area contributed by atoms with Crippen LogP contribution in [0.5, 0.6) is 0 Å². The van der Waals surface area contributed by atoms with Crippen LogP contribution in [0.15, 0.2) is 30.3 Å². The number of nitrogens with zero attached hydrogens (tertiary/aromatic N) is 2. The molecule has 2 heterocycles. The molecule has 2 heteroatoms. The van der Waals surface area contributed by atoms with Crippen molar-refractivity contribution < 1.29 is 8.68 Å². The number of imidazole rings is 1. The van der Waals surface area contributed by atoms with Gasteiger partial charge in [-0.3, -0.25) is 0 Å². The van der Waals surface area contributed by atoms with E-state index in [1.165, 1.54) is 57.1 Å². The number of hydrogen-bond donors (Lipinski definition) is 0. The molecule has 2 nitrogen and oxygen atoms in total. The van der Waals surface area contributed by atoms with E-state index in [1.54, 1.807) is 0 Å². The van der Waals surface area contributed by atoms with Gasteiger partial charge in [0.25, 0.3) is 5.82 Å². The van der Waals surface area contributed by atoms with Crippen LogP contribution in [0.25, 0.3) is 11.9 Å². The molecule has 0 amide bonds. The van der Waals surface area contributed by atoms with E-state index in [2.05, 4.69) is 42.8 Å². The van der Waals surface area contributed by atoms with E-state index in [-0.39, 0.29) is 5.41 Å². The quantitative estimate of drug-likeness (QED) is 0.609. The summed E-state index contributed by atoms with van der Waals surface area (Å²) in [5, 5.41) is 0. The van der Waals surface area contributed by atoms with E-state index in [0.717, 1.165) is 16.9 Å². The van der Waals surface area contributed by atoms with Crippen molar-refractivity contribution in [2.45, 2.75) is 77.5 Å². The molecule has 2 fully saturated rings. The maximum atomic E-state index is 8.42. The van der Waals surface area contributed by atoms with Gasteiger partial charge in [-0.25, -0.2) is 4.57 Å². The molecule has 1 aliphatic heterocycles. The molecule has 0 saturated heterocycles. The minimum atomic E-state index is -2.18. The van der Waals surface area contributed by atoms with Crippen molar-refractivity contribution in [1.82, 2.24) is 4.57 Å². The van der Waals surface area contributed by atoms with Crippen LogP contribution in [0, 0.1) is 32.5 Å². The molecule has 0 bridgehead atoms. The second-order valence-electron chi connectivity index (χ2n) is 8.96. The average molecular weight is 365 g/mol. The van der Waals surface area contributed by atoms with Crippen molar-refractivity contribution in [2.75, 3.05) is 0 Å². The maximum absolute atomic E-state index is 8.42. The molecule has 2 saturated carbocycles. The third-order valence-corrected chi connectivity index (χ3v) is 7.69. The second kappa shape index (κ2) is 6.36. The van der Waals surface area contributed by atoms with Gasteiger partial charge in [0.05, 0.1) is 11.6 Å². The Morgan fingerprint density at radius 2 is 1.63 bits per heavy atom. The highest BCUT2D eigenvalue weighted by molar-refractivity contribution is 5.47. The van der Waals surface area contributed by atoms with Crippen LogP contribution in [0.2, 0.25) is 0 Å². The van der Waals surface area contributed by atoms with E-state index in [0.29, 0.717) is 17.7 Å². The first-order chi connectivity index (χ1) is 14.4. The summed E-state index contributed by atoms with van der Waals surface area (Å²) in [6, 6.07) is 8.17. The molecular formula is C25H33N2+. The Hall–Kier alpha value is -1.83. The molecule has 2 aromatic rings. The summed E-state index contributed by atoms with van der Waals surface area (Å²) in [6.07, 6.45) is 14.8. The summed E-state index contributed by atoms with van der Waals surface area (Å²) in [6.45, 7) is 2.04. The minimum Gasteiger partial charge on any atom is -0.203 e. The lowest BCUT2D eigenvalue weighted by Crippen LogP contribution is -2.43. The third-order valence-electron chi connectivity index (χ3n) is 7.69. The van der Waals surface area contributed by atoms with Gasteiger partial charge in [-0.15, -0.1) is 0 Å². The van der Waals surface area contributed by atoms with Crippen molar-refractivity contribution in [3.63, 3.8) is 0 Å².